The zero-order chi connectivity index (χ0) is 19.5. The minimum atomic E-state index is -2.63. The molecule has 0 spiro atoms. The normalized spacial score (nSPS) is 21.5. The second-order valence-corrected chi connectivity index (χ2v) is 20.0. The molecule has 1 rings (SSSR count). The van der Waals surface area contributed by atoms with E-state index in [4.69, 9.17) is 7.81 Å². The molecule has 1 atom stereocenters. The Morgan fingerprint density at radius 1 is 0.962 bits per heavy atom. The molecule has 0 aromatic carbocycles. The SMILES string of the molecule is CCCCC1(CCCC)[O][Sn]([CH2]CCC)([CH2]CCC)[CH2]CC1OC(C)=O. The van der Waals surface area contributed by atoms with E-state index in [1.165, 1.54) is 64.7 Å². The molecule has 0 radical (unpaired) electrons. The van der Waals surface area contributed by atoms with Gasteiger partial charge in [0.05, 0.1) is 0 Å². The van der Waals surface area contributed by atoms with E-state index in [-0.39, 0.29) is 17.7 Å². The van der Waals surface area contributed by atoms with E-state index in [9.17, 15) is 4.79 Å². The van der Waals surface area contributed by atoms with Crippen molar-refractivity contribution >= 4 is 24.8 Å². The van der Waals surface area contributed by atoms with E-state index in [0.29, 0.717) is 0 Å². The molecular weight excluding hydrogens is 431 g/mol. The summed E-state index contributed by atoms with van der Waals surface area (Å²) in [6, 6.07) is 0. The fourth-order valence-electron chi connectivity index (χ4n) is 4.55. The molecule has 1 saturated heterocycles. The number of unbranched alkanes of at least 4 members (excludes halogenated alkanes) is 4. The van der Waals surface area contributed by atoms with Crippen molar-refractivity contribution in [3.05, 3.63) is 0 Å². The van der Waals surface area contributed by atoms with Crippen molar-refractivity contribution in [3.8, 4) is 0 Å². The Hall–Kier alpha value is 0.229. The molecule has 1 heterocycles. The molecule has 0 saturated carbocycles. The molecule has 1 aliphatic rings. The topological polar surface area (TPSA) is 35.5 Å². The number of ether oxygens (including phenoxy) is 1. The van der Waals surface area contributed by atoms with Crippen LogP contribution in [-0.2, 0) is 12.6 Å². The Bertz CT molecular complexity index is 381. The molecule has 4 heteroatoms. The van der Waals surface area contributed by atoms with Gasteiger partial charge in [-0.05, 0) is 0 Å². The number of carbonyl (C=O) groups is 1. The van der Waals surface area contributed by atoms with Crippen molar-refractivity contribution in [2.45, 2.75) is 130 Å². The summed E-state index contributed by atoms with van der Waals surface area (Å²) in [7, 11) is 0. The van der Waals surface area contributed by atoms with Gasteiger partial charge in [0, 0.05) is 0 Å². The summed E-state index contributed by atoms with van der Waals surface area (Å²) in [6.45, 7) is 10.7. The van der Waals surface area contributed by atoms with Gasteiger partial charge < -0.3 is 0 Å². The summed E-state index contributed by atoms with van der Waals surface area (Å²) in [4.78, 5) is 11.8. The average molecular weight is 475 g/mol. The number of carbonyl (C=O) groups excluding carboxylic acids is 1. The maximum absolute atomic E-state index is 11.8. The first-order chi connectivity index (χ1) is 12.5. The Labute approximate surface area is 167 Å². The van der Waals surface area contributed by atoms with Crippen LogP contribution in [0.25, 0.3) is 0 Å². The first-order valence-electron chi connectivity index (χ1n) is 11.3. The van der Waals surface area contributed by atoms with E-state index >= 15 is 0 Å². The quantitative estimate of drug-likeness (QED) is 0.213. The Kier molecular flexibility index (Phi) is 11.8. The van der Waals surface area contributed by atoms with Crippen molar-refractivity contribution < 1.29 is 12.6 Å². The van der Waals surface area contributed by atoms with Crippen molar-refractivity contribution in [2.75, 3.05) is 0 Å². The standard InChI is InChI=1S/C14H26O3.2C4H9.Sn/c1-5-8-10-14(16,11-9-6-2)13(7-3)17-12(4)15;2*1-3-4-2;/h13H,3,5-11H2,1-2,4H3;2*1,3-4H2,2H3;/q-1;;;+1. The zero-order valence-corrected chi connectivity index (χ0v) is 21.1. The van der Waals surface area contributed by atoms with Gasteiger partial charge in [-0.3, -0.25) is 0 Å². The van der Waals surface area contributed by atoms with Gasteiger partial charge in [0.25, 0.3) is 0 Å². The van der Waals surface area contributed by atoms with E-state index in [1.54, 1.807) is 6.92 Å². The van der Waals surface area contributed by atoms with Crippen LogP contribution < -0.4 is 0 Å². The summed E-state index contributed by atoms with van der Waals surface area (Å²) < 4.78 is 17.2. The predicted molar refractivity (Wildman–Crippen MR) is 113 cm³/mol. The third kappa shape index (κ3) is 7.33. The second kappa shape index (κ2) is 12.6. The molecule has 0 aromatic rings. The summed E-state index contributed by atoms with van der Waals surface area (Å²) in [5.74, 6) is -0.138. The molecule has 0 N–H and O–H groups in total. The van der Waals surface area contributed by atoms with Gasteiger partial charge in [0.2, 0.25) is 0 Å². The van der Waals surface area contributed by atoms with Crippen LogP contribution in [0.1, 0.15) is 105 Å². The number of hydrogen-bond donors (Lipinski definition) is 0. The fourth-order valence-corrected chi connectivity index (χ4v) is 18.9. The van der Waals surface area contributed by atoms with Crippen molar-refractivity contribution in [2.24, 2.45) is 0 Å². The minimum absolute atomic E-state index is 0.0221. The molecule has 3 nitrogen and oxygen atoms in total. The van der Waals surface area contributed by atoms with E-state index in [0.717, 1.165) is 19.3 Å². The molecule has 0 aliphatic carbocycles. The van der Waals surface area contributed by atoms with Gasteiger partial charge in [0.1, 0.15) is 0 Å². The summed E-state index contributed by atoms with van der Waals surface area (Å²) in [6.07, 6.45) is 13.0. The van der Waals surface area contributed by atoms with Crippen LogP contribution in [-0.4, -0.2) is 36.5 Å². The van der Waals surface area contributed by atoms with Crippen molar-refractivity contribution in [1.29, 1.82) is 0 Å². The van der Waals surface area contributed by atoms with Crippen LogP contribution in [0.5, 0.6) is 0 Å². The van der Waals surface area contributed by atoms with Gasteiger partial charge in [-0.15, -0.1) is 0 Å². The third-order valence-electron chi connectivity index (χ3n) is 6.06. The number of hydrogen-bond acceptors (Lipinski definition) is 3. The van der Waals surface area contributed by atoms with E-state index in [2.05, 4.69) is 27.7 Å². The van der Waals surface area contributed by atoms with Gasteiger partial charge in [-0.25, -0.2) is 0 Å². The van der Waals surface area contributed by atoms with Crippen LogP contribution in [0.2, 0.25) is 13.3 Å². The Morgan fingerprint density at radius 3 is 1.88 bits per heavy atom. The van der Waals surface area contributed by atoms with E-state index < -0.39 is 18.8 Å². The summed E-state index contributed by atoms with van der Waals surface area (Å²) >= 11 is -2.63. The summed E-state index contributed by atoms with van der Waals surface area (Å²) in [5, 5.41) is 0. The van der Waals surface area contributed by atoms with Gasteiger partial charge in [0.15, 0.2) is 0 Å². The maximum atomic E-state index is 11.8. The Balaban J connectivity index is 3.13. The first kappa shape index (κ1) is 24.3. The van der Waals surface area contributed by atoms with Gasteiger partial charge in [-0.1, -0.05) is 0 Å². The van der Waals surface area contributed by atoms with Crippen molar-refractivity contribution in [1.82, 2.24) is 0 Å². The number of rotatable bonds is 13. The molecular formula is C22H44O3Sn. The second-order valence-electron chi connectivity index (χ2n) is 8.40. The predicted octanol–water partition coefficient (Wildman–Crippen LogP) is 7.00. The van der Waals surface area contributed by atoms with Gasteiger partial charge in [-0.2, -0.15) is 0 Å². The fraction of sp³-hybridized carbons (Fsp3) is 0.955. The first-order valence-corrected chi connectivity index (χ1v) is 18.6. The molecule has 0 bridgehead atoms. The zero-order valence-electron chi connectivity index (χ0n) is 18.2. The summed E-state index contributed by atoms with van der Waals surface area (Å²) in [5.41, 5.74) is -0.187. The third-order valence-corrected chi connectivity index (χ3v) is 19.1. The van der Waals surface area contributed by atoms with Gasteiger partial charge >= 0.3 is 168 Å². The van der Waals surface area contributed by atoms with Crippen LogP contribution in [0.3, 0.4) is 0 Å². The van der Waals surface area contributed by atoms with Crippen LogP contribution >= 0.6 is 0 Å². The van der Waals surface area contributed by atoms with Crippen LogP contribution in [0.4, 0.5) is 0 Å². The molecule has 0 aromatic heterocycles. The molecule has 1 unspecified atom stereocenters. The molecule has 1 aliphatic heterocycles. The molecule has 1 fully saturated rings. The molecule has 154 valence electrons. The molecule has 0 amide bonds. The average Bonchev–Trinajstić information content (AvgIpc) is 2.63. The van der Waals surface area contributed by atoms with E-state index in [1.807, 2.05) is 0 Å². The Morgan fingerprint density at radius 2 is 1.46 bits per heavy atom. The van der Waals surface area contributed by atoms with Crippen LogP contribution in [0, 0.1) is 0 Å². The number of esters is 1. The monoisotopic (exact) mass is 476 g/mol. The molecule has 26 heavy (non-hydrogen) atoms. The van der Waals surface area contributed by atoms with Crippen molar-refractivity contribution in [3.63, 3.8) is 0 Å². The van der Waals surface area contributed by atoms with Crippen LogP contribution in [0.15, 0.2) is 0 Å².